The minimum absolute atomic E-state index is 0.142. The summed E-state index contributed by atoms with van der Waals surface area (Å²) in [4.78, 5) is 24.2. The van der Waals surface area contributed by atoms with E-state index >= 15 is 0 Å². The highest BCUT2D eigenvalue weighted by Gasteiger charge is 2.57. The standard InChI is InChI=1S/C19H26O3/c20-10-9-19-8-7-15-14-4-2-13(21)11-12(14)1-3-16(15)17(19)5-6-18(19)22/h11,14-17,20H,1-10H2/t14?,15?,16?,17?,19-/m1/s1. The van der Waals surface area contributed by atoms with Gasteiger partial charge in [-0.05, 0) is 74.7 Å². The number of hydrogen-bond donors (Lipinski definition) is 1. The number of rotatable bonds is 2. The molecule has 3 fully saturated rings. The predicted molar refractivity (Wildman–Crippen MR) is 83.1 cm³/mol. The molecule has 0 heterocycles. The number of fused-ring (bicyclic) bond motifs is 5. The van der Waals surface area contributed by atoms with E-state index in [4.69, 9.17) is 0 Å². The fourth-order valence-corrected chi connectivity index (χ4v) is 6.42. The Morgan fingerprint density at radius 2 is 1.91 bits per heavy atom. The van der Waals surface area contributed by atoms with Gasteiger partial charge in [0.2, 0.25) is 0 Å². The number of aliphatic hydroxyl groups excluding tert-OH is 1. The van der Waals surface area contributed by atoms with Gasteiger partial charge in [-0.1, -0.05) is 5.57 Å². The molecular formula is C19H26O3. The first-order chi connectivity index (χ1) is 10.7. The molecule has 22 heavy (non-hydrogen) atoms. The monoisotopic (exact) mass is 302 g/mol. The van der Waals surface area contributed by atoms with Crippen molar-refractivity contribution in [1.29, 1.82) is 0 Å². The molecule has 0 spiro atoms. The van der Waals surface area contributed by atoms with Crippen molar-refractivity contribution >= 4 is 11.6 Å². The Balaban J connectivity index is 1.63. The first-order valence-corrected chi connectivity index (χ1v) is 9.03. The Bertz CT molecular complexity index is 535. The molecular weight excluding hydrogens is 276 g/mol. The van der Waals surface area contributed by atoms with Gasteiger partial charge in [0.05, 0.1) is 0 Å². The summed E-state index contributed by atoms with van der Waals surface area (Å²) in [7, 11) is 0. The molecule has 0 aromatic rings. The maximum Gasteiger partial charge on any atom is 0.155 e. The molecule has 5 atom stereocenters. The number of ketones is 2. The second kappa shape index (κ2) is 5.30. The molecule has 4 unspecified atom stereocenters. The molecule has 4 aliphatic rings. The number of carbonyl (C=O) groups is 2. The number of hydrogen-bond acceptors (Lipinski definition) is 3. The Morgan fingerprint density at radius 1 is 1.05 bits per heavy atom. The van der Waals surface area contributed by atoms with Crippen LogP contribution in [0.25, 0.3) is 0 Å². The van der Waals surface area contributed by atoms with E-state index in [0.717, 1.165) is 44.9 Å². The molecule has 0 aromatic heterocycles. The Hall–Kier alpha value is -0.960. The van der Waals surface area contributed by atoms with Crippen LogP contribution >= 0.6 is 0 Å². The molecule has 0 aliphatic heterocycles. The number of aliphatic hydroxyl groups is 1. The lowest BCUT2D eigenvalue weighted by molar-refractivity contribution is -0.134. The summed E-state index contributed by atoms with van der Waals surface area (Å²) < 4.78 is 0. The number of Topliss-reactive ketones (excluding diaryl/α,β-unsaturated/α-hetero) is 1. The summed E-state index contributed by atoms with van der Waals surface area (Å²) in [6.45, 7) is 0.142. The van der Waals surface area contributed by atoms with Crippen molar-refractivity contribution in [2.24, 2.45) is 29.1 Å². The maximum atomic E-state index is 12.6. The van der Waals surface area contributed by atoms with Crippen molar-refractivity contribution < 1.29 is 14.7 Å². The lowest BCUT2D eigenvalue weighted by atomic mass is 9.51. The van der Waals surface area contributed by atoms with Crippen molar-refractivity contribution in [2.75, 3.05) is 6.61 Å². The van der Waals surface area contributed by atoms with E-state index in [9.17, 15) is 14.7 Å². The summed E-state index contributed by atoms with van der Waals surface area (Å²) in [6.07, 6.45) is 10.4. The Morgan fingerprint density at radius 3 is 2.73 bits per heavy atom. The fourth-order valence-electron chi connectivity index (χ4n) is 6.42. The zero-order valence-electron chi connectivity index (χ0n) is 13.2. The van der Waals surface area contributed by atoms with Crippen LogP contribution in [0.15, 0.2) is 11.6 Å². The van der Waals surface area contributed by atoms with E-state index < -0.39 is 0 Å². The quantitative estimate of drug-likeness (QED) is 0.853. The van der Waals surface area contributed by atoms with Crippen molar-refractivity contribution in [3.8, 4) is 0 Å². The molecule has 3 heteroatoms. The van der Waals surface area contributed by atoms with Crippen LogP contribution in [0.4, 0.5) is 0 Å². The van der Waals surface area contributed by atoms with Crippen molar-refractivity contribution in [3.05, 3.63) is 11.6 Å². The second-order valence-corrected chi connectivity index (χ2v) is 7.93. The minimum Gasteiger partial charge on any atom is -0.396 e. The van der Waals surface area contributed by atoms with Gasteiger partial charge in [0.1, 0.15) is 5.78 Å². The van der Waals surface area contributed by atoms with E-state index in [0.29, 0.717) is 48.1 Å². The topological polar surface area (TPSA) is 54.4 Å². The summed E-state index contributed by atoms with van der Waals surface area (Å²) in [5.41, 5.74) is 1.19. The van der Waals surface area contributed by atoms with Gasteiger partial charge in [0.25, 0.3) is 0 Å². The first-order valence-electron chi connectivity index (χ1n) is 9.03. The maximum absolute atomic E-state index is 12.6. The van der Waals surface area contributed by atoms with Crippen LogP contribution in [0.5, 0.6) is 0 Å². The molecule has 0 amide bonds. The molecule has 3 saturated carbocycles. The normalized spacial score (nSPS) is 44.1. The molecule has 4 rings (SSSR count). The summed E-state index contributed by atoms with van der Waals surface area (Å²) in [5, 5.41) is 9.49. The van der Waals surface area contributed by atoms with Crippen LogP contribution in [-0.2, 0) is 9.59 Å². The highest BCUT2D eigenvalue weighted by Crippen LogP contribution is 2.61. The third-order valence-electron chi connectivity index (χ3n) is 7.30. The predicted octanol–water partition coefficient (Wildman–Crippen LogP) is 3.06. The molecule has 120 valence electrons. The average Bonchev–Trinajstić information content (AvgIpc) is 2.84. The number of allylic oxidation sites excluding steroid dienone is 1. The lowest BCUT2D eigenvalue weighted by Crippen LogP contribution is -2.48. The van der Waals surface area contributed by atoms with Gasteiger partial charge in [-0.25, -0.2) is 0 Å². The summed E-state index contributed by atoms with van der Waals surface area (Å²) >= 11 is 0. The van der Waals surface area contributed by atoms with Crippen LogP contribution in [0.2, 0.25) is 0 Å². The van der Waals surface area contributed by atoms with Gasteiger partial charge in [0.15, 0.2) is 5.78 Å². The smallest absolute Gasteiger partial charge is 0.155 e. The fraction of sp³-hybridized carbons (Fsp3) is 0.789. The van der Waals surface area contributed by atoms with Gasteiger partial charge in [0, 0.05) is 24.9 Å². The van der Waals surface area contributed by atoms with Crippen LogP contribution in [0.1, 0.15) is 57.8 Å². The zero-order valence-corrected chi connectivity index (χ0v) is 13.2. The minimum atomic E-state index is -0.207. The molecule has 4 aliphatic carbocycles. The zero-order chi connectivity index (χ0) is 15.3. The average molecular weight is 302 g/mol. The van der Waals surface area contributed by atoms with Gasteiger partial charge >= 0.3 is 0 Å². The van der Waals surface area contributed by atoms with Crippen molar-refractivity contribution in [1.82, 2.24) is 0 Å². The van der Waals surface area contributed by atoms with Gasteiger partial charge in [-0.15, -0.1) is 0 Å². The van der Waals surface area contributed by atoms with E-state index in [1.807, 2.05) is 6.08 Å². The molecule has 0 bridgehead atoms. The van der Waals surface area contributed by atoms with Gasteiger partial charge in [-0.2, -0.15) is 0 Å². The van der Waals surface area contributed by atoms with Gasteiger partial charge < -0.3 is 5.11 Å². The van der Waals surface area contributed by atoms with E-state index in [2.05, 4.69) is 0 Å². The van der Waals surface area contributed by atoms with Crippen molar-refractivity contribution in [2.45, 2.75) is 57.8 Å². The van der Waals surface area contributed by atoms with E-state index in [1.165, 1.54) is 5.57 Å². The Kier molecular flexibility index (Phi) is 3.52. The van der Waals surface area contributed by atoms with Crippen LogP contribution in [0, 0.1) is 29.1 Å². The highest BCUT2D eigenvalue weighted by atomic mass is 16.3. The van der Waals surface area contributed by atoms with Gasteiger partial charge in [-0.3, -0.25) is 9.59 Å². The molecule has 1 N–H and O–H groups in total. The third kappa shape index (κ3) is 1.97. The number of carbonyl (C=O) groups excluding carboxylic acids is 2. The van der Waals surface area contributed by atoms with Crippen LogP contribution < -0.4 is 0 Å². The molecule has 0 radical (unpaired) electrons. The van der Waals surface area contributed by atoms with Crippen LogP contribution in [0.3, 0.4) is 0 Å². The Labute approximate surface area is 132 Å². The van der Waals surface area contributed by atoms with Crippen LogP contribution in [-0.4, -0.2) is 23.3 Å². The van der Waals surface area contributed by atoms with E-state index in [-0.39, 0.29) is 12.0 Å². The third-order valence-corrected chi connectivity index (χ3v) is 7.30. The molecule has 0 aromatic carbocycles. The molecule has 3 nitrogen and oxygen atoms in total. The van der Waals surface area contributed by atoms with Crippen molar-refractivity contribution in [3.63, 3.8) is 0 Å². The summed E-state index contributed by atoms with van der Waals surface area (Å²) in [6, 6.07) is 0. The first kappa shape index (κ1) is 14.6. The van der Waals surface area contributed by atoms with E-state index in [1.54, 1.807) is 0 Å². The second-order valence-electron chi connectivity index (χ2n) is 7.93. The summed E-state index contributed by atoms with van der Waals surface area (Å²) in [5.74, 6) is 3.14. The highest BCUT2D eigenvalue weighted by molar-refractivity contribution is 5.91. The SMILES string of the molecule is O=C1C=C2CCC3C(CC[C@]4(CCO)C(=O)CCC34)C2CC1. The lowest BCUT2D eigenvalue weighted by Gasteiger charge is -2.53. The largest absolute Gasteiger partial charge is 0.396 e. The molecule has 0 saturated heterocycles.